The van der Waals surface area contributed by atoms with Crippen LogP contribution in [0.3, 0.4) is 0 Å². The number of ether oxygens (including phenoxy) is 1. The van der Waals surface area contributed by atoms with Crippen molar-refractivity contribution >= 4 is 29.3 Å². The van der Waals surface area contributed by atoms with Gasteiger partial charge in [-0.2, -0.15) is 0 Å². The van der Waals surface area contributed by atoms with Crippen LogP contribution in [0.25, 0.3) is 0 Å². The smallest absolute Gasteiger partial charge is 0.549 e. The van der Waals surface area contributed by atoms with Crippen LogP contribution < -0.4 is 45.3 Å². The quantitative estimate of drug-likeness (QED) is 0.278. The fourth-order valence-electron chi connectivity index (χ4n) is 3.13. The van der Waals surface area contributed by atoms with Crippen LogP contribution in [0.15, 0.2) is 59.1 Å². The summed E-state index contributed by atoms with van der Waals surface area (Å²) in [5.74, 6) is 3.93. The zero-order valence-electron chi connectivity index (χ0n) is 19.2. The van der Waals surface area contributed by atoms with Gasteiger partial charge < -0.3 is 24.5 Å². The molecule has 0 aliphatic heterocycles. The van der Waals surface area contributed by atoms with E-state index in [1.807, 2.05) is 30.3 Å². The summed E-state index contributed by atoms with van der Waals surface area (Å²) in [4.78, 5) is 35.5. The van der Waals surface area contributed by atoms with Crippen molar-refractivity contribution in [3.05, 3.63) is 77.2 Å². The minimum atomic E-state index is -1.42. The van der Waals surface area contributed by atoms with E-state index in [0.29, 0.717) is 22.6 Å². The van der Waals surface area contributed by atoms with Crippen LogP contribution in [0, 0.1) is 24.2 Å². The Morgan fingerprint density at radius 1 is 1.06 bits per heavy atom. The molecule has 4 rings (SSSR count). The van der Waals surface area contributed by atoms with Crippen LogP contribution in [0.1, 0.15) is 35.4 Å². The number of rotatable bonds is 6. The van der Waals surface area contributed by atoms with Crippen molar-refractivity contribution in [3.8, 4) is 11.8 Å². The number of amides is 2. The summed E-state index contributed by atoms with van der Waals surface area (Å²) in [6.45, 7) is 1.78. The normalized spacial score (nSPS) is 12.8. The number of nitrogens with zero attached hydrogens (tertiary/aromatic N) is 1. The van der Waals surface area contributed by atoms with Crippen LogP contribution in [-0.2, 0) is 20.9 Å². The van der Waals surface area contributed by atoms with Crippen molar-refractivity contribution in [1.82, 2.24) is 5.16 Å². The van der Waals surface area contributed by atoms with Crippen molar-refractivity contribution < 1.29 is 58.3 Å². The number of carbonyl (C=O) groups excluding carboxylic acids is 3. The van der Waals surface area contributed by atoms with Crippen LogP contribution in [0.2, 0.25) is 0 Å². The average molecular weight is 481 g/mol. The summed E-state index contributed by atoms with van der Waals surface area (Å²) in [5.41, 5.74) is 1.24. The first-order valence-corrected chi connectivity index (χ1v) is 10.5. The van der Waals surface area contributed by atoms with E-state index >= 15 is 0 Å². The van der Waals surface area contributed by atoms with Gasteiger partial charge in [0.25, 0.3) is 0 Å². The first-order chi connectivity index (χ1) is 16.4. The Labute approximate surface area is 223 Å². The van der Waals surface area contributed by atoms with Gasteiger partial charge in [0.15, 0.2) is 0 Å². The number of carbonyl (C=O) groups is 3. The number of aryl methyl sites for hydroxylation is 1. The number of aliphatic carboxylic acids is 1. The molecule has 172 valence electrons. The third-order valence-corrected chi connectivity index (χ3v) is 5.34. The molecular weight excluding hydrogens is 461 g/mol. The van der Waals surface area contributed by atoms with Gasteiger partial charge in [0.2, 0.25) is 11.7 Å². The molecule has 0 spiro atoms. The predicted octanol–water partition coefficient (Wildman–Crippen LogP) is -0.396. The Hall–Kier alpha value is -3.58. The van der Waals surface area contributed by atoms with Crippen molar-refractivity contribution in [3.63, 3.8) is 0 Å². The molecule has 0 saturated heterocycles. The molecule has 3 aromatic rings. The van der Waals surface area contributed by atoms with E-state index in [4.69, 9.17) is 9.26 Å². The summed E-state index contributed by atoms with van der Waals surface area (Å²) in [6.07, 6.45) is -0.113. The molecule has 0 radical (unpaired) electrons. The summed E-state index contributed by atoms with van der Waals surface area (Å²) in [6, 6.07) is 15.8. The van der Waals surface area contributed by atoms with Gasteiger partial charge in [-0.1, -0.05) is 41.4 Å². The van der Waals surface area contributed by atoms with Gasteiger partial charge in [-0.05, 0) is 55.5 Å². The molecular formula is C25H20N3NaO6. The van der Waals surface area contributed by atoms with Crippen molar-refractivity contribution in [2.75, 3.05) is 10.6 Å². The maximum absolute atomic E-state index is 12.2. The number of hydrogen-bond acceptors (Lipinski definition) is 7. The molecule has 0 unspecified atom stereocenters. The molecule has 1 heterocycles. The minimum absolute atomic E-state index is 0. The average Bonchev–Trinajstić information content (AvgIpc) is 3.59. The molecule has 0 atom stereocenters. The zero-order valence-corrected chi connectivity index (χ0v) is 21.2. The third-order valence-electron chi connectivity index (χ3n) is 5.34. The Morgan fingerprint density at radius 2 is 1.74 bits per heavy atom. The number of benzene rings is 2. The van der Waals surface area contributed by atoms with Crippen LogP contribution in [0.4, 0.5) is 16.2 Å². The molecule has 0 bridgehead atoms. The Morgan fingerprint density at radius 3 is 2.37 bits per heavy atom. The number of nitrogens with one attached hydrogen (secondary N) is 2. The molecule has 1 aliphatic rings. The van der Waals surface area contributed by atoms with E-state index in [2.05, 4.69) is 27.6 Å². The molecule has 1 fully saturated rings. The second-order valence-electron chi connectivity index (χ2n) is 7.81. The summed E-state index contributed by atoms with van der Waals surface area (Å²) < 4.78 is 10.4. The third kappa shape index (κ3) is 6.31. The van der Waals surface area contributed by atoms with E-state index < -0.39 is 23.4 Å². The summed E-state index contributed by atoms with van der Waals surface area (Å²) >= 11 is 0. The predicted molar refractivity (Wildman–Crippen MR) is 119 cm³/mol. The maximum atomic E-state index is 12.2. The molecule has 35 heavy (non-hydrogen) atoms. The molecule has 10 heteroatoms. The number of anilines is 2. The van der Waals surface area contributed by atoms with E-state index in [9.17, 15) is 19.5 Å². The Bertz CT molecular complexity index is 1290. The van der Waals surface area contributed by atoms with Gasteiger partial charge in [0.05, 0.1) is 11.4 Å². The van der Waals surface area contributed by atoms with Crippen LogP contribution >= 0.6 is 0 Å². The zero-order chi connectivity index (χ0) is 24.1. The fraction of sp³-hybridized carbons (Fsp3) is 0.200. The summed E-state index contributed by atoms with van der Waals surface area (Å²) in [7, 11) is 0. The van der Waals surface area contributed by atoms with E-state index in [1.165, 1.54) is 0 Å². The second-order valence-corrected chi connectivity index (χ2v) is 7.81. The Balaban J connectivity index is 0.00000342. The number of carboxylic acids is 1. The standard InChI is InChI=1S/C25H21N3O6.Na/c1-16-21(27-24(32)33-15-18-5-3-2-4-6-18)20(34-28-16)12-9-17-7-10-19(11-8-17)26-22(29)25(13-14-25)23(30)31;/h2-8,10-11H,13-15H2,1H3,(H,26,29)(H,27,32)(H,30,31);/q;+1/p-1. The first kappa shape index (κ1) is 26.0. The number of hydrogen-bond donors (Lipinski definition) is 2. The fourth-order valence-corrected chi connectivity index (χ4v) is 3.13. The molecule has 2 amide bonds. The van der Waals surface area contributed by atoms with Crippen molar-refractivity contribution in [2.45, 2.75) is 26.4 Å². The van der Waals surface area contributed by atoms with Gasteiger partial charge in [0.1, 0.15) is 18.0 Å². The van der Waals surface area contributed by atoms with E-state index in [0.717, 1.165) is 5.56 Å². The van der Waals surface area contributed by atoms with Crippen LogP contribution in [0.5, 0.6) is 0 Å². The SMILES string of the molecule is Cc1noc(C#Cc2ccc(NC(=O)C3(C(=O)[O-])CC3)cc2)c1NC(=O)OCc1ccccc1.[Na+]. The molecule has 9 nitrogen and oxygen atoms in total. The second kappa shape index (κ2) is 11.2. The molecule has 1 aromatic heterocycles. The number of aromatic nitrogens is 1. The molecule has 1 saturated carbocycles. The van der Waals surface area contributed by atoms with Gasteiger partial charge in [-0.3, -0.25) is 10.1 Å². The van der Waals surface area contributed by atoms with Crippen LogP contribution in [-0.4, -0.2) is 23.1 Å². The maximum Gasteiger partial charge on any atom is 1.00 e. The largest absolute Gasteiger partial charge is 1.00 e. The van der Waals surface area contributed by atoms with Gasteiger partial charge in [0, 0.05) is 11.3 Å². The van der Waals surface area contributed by atoms with Gasteiger partial charge in [-0.15, -0.1) is 0 Å². The first-order valence-electron chi connectivity index (χ1n) is 10.5. The number of carboxylic acid groups (broad SMARTS) is 1. The van der Waals surface area contributed by atoms with E-state index in [1.54, 1.807) is 31.2 Å². The minimum Gasteiger partial charge on any atom is -0.549 e. The Kier molecular flexibility index (Phi) is 8.35. The topological polar surface area (TPSA) is 134 Å². The van der Waals surface area contributed by atoms with E-state index in [-0.39, 0.29) is 54.8 Å². The van der Waals surface area contributed by atoms with Gasteiger partial charge in [-0.25, -0.2) is 4.79 Å². The van der Waals surface area contributed by atoms with Gasteiger partial charge >= 0.3 is 35.7 Å². The molecule has 2 N–H and O–H groups in total. The monoisotopic (exact) mass is 481 g/mol. The summed E-state index contributed by atoms with van der Waals surface area (Å²) in [5, 5.41) is 20.2. The molecule has 1 aliphatic carbocycles. The van der Waals surface area contributed by atoms with Crippen molar-refractivity contribution in [2.24, 2.45) is 5.41 Å². The van der Waals surface area contributed by atoms with Crippen molar-refractivity contribution in [1.29, 1.82) is 0 Å². The molecule has 2 aromatic carbocycles.